The molecule has 10 heteroatoms. The van der Waals surface area contributed by atoms with Gasteiger partial charge in [-0.3, -0.25) is 20.6 Å². The van der Waals surface area contributed by atoms with Crippen LogP contribution in [0.2, 0.25) is 0 Å². The monoisotopic (exact) mass is 448 g/mol. The normalized spacial score (nSPS) is 13.1. The van der Waals surface area contributed by atoms with Crippen molar-refractivity contribution >= 4 is 17.5 Å². The number of carbonyl (C=O) groups is 2. The molecule has 1 heterocycles. The number of nitrogens with zero attached hydrogens (tertiary/aromatic N) is 1. The van der Waals surface area contributed by atoms with E-state index in [0.29, 0.717) is 17.0 Å². The number of amides is 2. The fraction of sp³-hybridized carbons (Fsp3) is 0.0526. The molecular formula is C19H23CuN5O4. The summed E-state index contributed by atoms with van der Waals surface area (Å²) in [4.78, 5) is 25.9. The first kappa shape index (κ1) is 27.8. The van der Waals surface area contributed by atoms with Gasteiger partial charge in [-0.2, -0.15) is 0 Å². The van der Waals surface area contributed by atoms with Crippen molar-refractivity contribution in [1.82, 2.24) is 15.8 Å². The maximum absolute atomic E-state index is 11.5. The van der Waals surface area contributed by atoms with Crippen LogP contribution in [-0.4, -0.2) is 35.1 Å². The number of hydrazine groups is 1. The molecule has 2 amide bonds. The largest absolute Gasteiger partial charge is 0.493 e. The van der Waals surface area contributed by atoms with Gasteiger partial charge in [-0.1, -0.05) is 30.9 Å². The van der Waals surface area contributed by atoms with Crippen LogP contribution in [-0.2, 0) is 26.6 Å². The number of methoxy groups -OCH3 is 1. The topological polar surface area (TPSA) is 162 Å². The molecule has 0 aliphatic heterocycles. The van der Waals surface area contributed by atoms with Crippen molar-refractivity contribution in [3.05, 3.63) is 90.7 Å². The third-order valence-corrected chi connectivity index (χ3v) is 2.99. The zero-order valence-corrected chi connectivity index (χ0v) is 16.6. The molecule has 1 radical (unpaired) electrons. The molecule has 1 aliphatic rings. The molecule has 0 fully saturated rings. The molecule has 0 spiro atoms. The van der Waals surface area contributed by atoms with Crippen molar-refractivity contribution in [2.24, 2.45) is 5.73 Å². The Morgan fingerprint density at radius 1 is 1.38 bits per heavy atom. The van der Waals surface area contributed by atoms with Crippen molar-refractivity contribution in [2.75, 3.05) is 7.11 Å². The van der Waals surface area contributed by atoms with Crippen LogP contribution in [0.25, 0.3) is 0 Å². The number of Topliss-reactive ketones (excluding diaryl/α,β-unsaturated/α-hetero) is 1. The molecule has 0 aromatic carbocycles. The fourth-order valence-electron chi connectivity index (χ4n) is 1.76. The number of ketones is 1. The molecule has 1 aromatic heterocycles. The predicted molar refractivity (Wildman–Crippen MR) is 107 cm³/mol. The Kier molecular flexibility index (Phi) is 14.9. The van der Waals surface area contributed by atoms with Crippen molar-refractivity contribution < 1.29 is 36.9 Å². The SMILES string of the molecule is C=C/C=C/C(=N)c1ccccn1.COC1=CC=C/C(=C/NNC(N)=O)C1=O.O.[Cu]. The van der Waals surface area contributed by atoms with E-state index in [9.17, 15) is 9.59 Å². The second kappa shape index (κ2) is 15.6. The van der Waals surface area contributed by atoms with Gasteiger partial charge in [0.15, 0.2) is 5.76 Å². The molecule has 1 aromatic rings. The summed E-state index contributed by atoms with van der Waals surface area (Å²) in [6.45, 7) is 3.52. The van der Waals surface area contributed by atoms with Crippen LogP contribution in [0.1, 0.15) is 5.69 Å². The third kappa shape index (κ3) is 10.5. The molecule has 2 rings (SSSR count). The molecule has 0 unspecified atom stereocenters. The quantitative estimate of drug-likeness (QED) is 0.168. The van der Waals surface area contributed by atoms with E-state index >= 15 is 0 Å². The summed E-state index contributed by atoms with van der Waals surface area (Å²) in [7, 11) is 1.41. The van der Waals surface area contributed by atoms with E-state index in [2.05, 4.69) is 22.4 Å². The van der Waals surface area contributed by atoms with Gasteiger partial charge in [0.25, 0.3) is 0 Å². The fourth-order valence-corrected chi connectivity index (χ4v) is 1.76. The molecule has 1 aliphatic carbocycles. The first-order valence-corrected chi connectivity index (χ1v) is 7.76. The maximum Gasteiger partial charge on any atom is 0.330 e. The Labute approximate surface area is 179 Å². The smallest absolute Gasteiger partial charge is 0.330 e. The predicted octanol–water partition coefficient (Wildman–Crippen LogP) is 1.08. The zero-order chi connectivity index (χ0) is 20.1. The Balaban J connectivity index is 0. The summed E-state index contributed by atoms with van der Waals surface area (Å²) in [5.74, 6) is -0.0246. The van der Waals surface area contributed by atoms with Gasteiger partial charge >= 0.3 is 6.03 Å². The molecule has 0 atom stereocenters. The van der Waals surface area contributed by atoms with Gasteiger partial charge < -0.3 is 21.4 Å². The number of aromatic nitrogens is 1. The summed E-state index contributed by atoms with van der Waals surface area (Å²) in [6, 6.07) is 4.75. The number of nitrogens with two attached hydrogens (primary N) is 1. The van der Waals surface area contributed by atoms with Gasteiger partial charge in [-0.15, -0.1) is 0 Å². The summed E-state index contributed by atoms with van der Waals surface area (Å²) in [6.07, 6.45) is 12.8. The van der Waals surface area contributed by atoms with Crippen molar-refractivity contribution in [3.63, 3.8) is 0 Å². The van der Waals surface area contributed by atoms with Crippen LogP contribution < -0.4 is 16.6 Å². The average Bonchev–Trinajstić information content (AvgIpc) is 2.68. The van der Waals surface area contributed by atoms with E-state index in [4.69, 9.17) is 15.9 Å². The number of allylic oxidation sites excluding steroid dienone is 7. The Bertz CT molecular complexity index is 817. The van der Waals surface area contributed by atoms with Crippen LogP contribution in [0, 0.1) is 5.41 Å². The van der Waals surface area contributed by atoms with Crippen LogP contribution in [0.5, 0.6) is 0 Å². The molecule has 159 valence electrons. The zero-order valence-electron chi connectivity index (χ0n) is 15.6. The number of rotatable bonds is 6. The Morgan fingerprint density at radius 2 is 2.10 bits per heavy atom. The summed E-state index contributed by atoms with van der Waals surface area (Å²) in [5.41, 5.74) is 10.8. The Hall–Kier alpha value is -3.46. The molecule has 0 bridgehead atoms. The van der Waals surface area contributed by atoms with E-state index in [1.54, 1.807) is 48.7 Å². The van der Waals surface area contributed by atoms with Crippen LogP contribution in [0.3, 0.4) is 0 Å². The van der Waals surface area contributed by atoms with Crippen LogP contribution in [0.15, 0.2) is 85.0 Å². The molecule has 9 nitrogen and oxygen atoms in total. The van der Waals surface area contributed by atoms with Gasteiger partial charge in [0.2, 0.25) is 5.78 Å². The molecule has 29 heavy (non-hydrogen) atoms. The van der Waals surface area contributed by atoms with Crippen LogP contribution >= 0.6 is 0 Å². The number of nitrogens with one attached hydrogen (secondary N) is 3. The second-order valence-corrected chi connectivity index (χ2v) is 4.88. The minimum Gasteiger partial charge on any atom is -0.493 e. The standard InChI is InChI=1S/C10H10N2.C9H11N3O3.Cu.H2O/c1-2-3-6-9(11)10-7-4-5-8-12-10;1-15-7-4-2-3-6(8(7)13)5-11-12-9(10)14;;/h2-8,11H,1H2;2-5,11H,1H3,(H3,10,12,14);;1H2/b6-3+,11-9?;6-5-;;. The summed E-state index contributed by atoms with van der Waals surface area (Å²) in [5, 5.41) is 7.54. The average molecular weight is 449 g/mol. The van der Waals surface area contributed by atoms with E-state index in [1.807, 2.05) is 12.1 Å². The summed E-state index contributed by atoms with van der Waals surface area (Å²) < 4.78 is 4.84. The maximum atomic E-state index is 11.5. The van der Waals surface area contributed by atoms with E-state index in [1.165, 1.54) is 13.3 Å². The molecule has 0 saturated heterocycles. The van der Waals surface area contributed by atoms with Gasteiger partial charge in [0.1, 0.15) is 0 Å². The number of ether oxygens (including phenoxy) is 1. The minimum atomic E-state index is -0.735. The van der Waals surface area contributed by atoms with Gasteiger partial charge in [0, 0.05) is 35.0 Å². The van der Waals surface area contributed by atoms with Crippen molar-refractivity contribution in [3.8, 4) is 0 Å². The number of primary amides is 1. The summed E-state index contributed by atoms with van der Waals surface area (Å²) >= 11 is 0. The van der Waals surface area contributed by atoms with E-state index in [-0.39, 0.29) is 34.1 Å². The van der Waals surface area contributed by atoms with E-state index in [0.717, 1.165) is 0 Å². The number of pyridine rings is 1. The number of hydrogen-bond acceptors (Lipinski definition) is 6. The first-order chi connectivity index (χ1) is 13.0. The van der Waals surface area contributed by atoms with Gasteiger partial charge in [-0.05, 0) is 30.4 Å². The number of carbonyl (C=O) groups excluding carboxylic acids is 2. The molecule has 7 N–H and O–H groups in total. The van der Waals surface area contributed by atoms with Crippen LogP contribution in [0.4, 0.5) is 4.79 Å². The first-order valence-electron chi connectivity index (χ1n) is 7.76. The number of hydrogen-bond donors (Lipinski definition) is 4. The van der Waals surface area contributed by atoms with Crippen molar-refractivity contribution in [2.45, 2.75) is 0 Å². The molecular weight excluding hydrogens is 426 g/mol. The Morgan fingerprint density at radius 3 is 2.66 bits per heavy atom. The third-order valence-electron chi connectivity index (χ3n) is 2.99. The van der Waals surface area contributed by atoms with Crippen molar-refractivity contribution in [1.29, 1.82) is 5.41 Å². The molecule has 0 saturated carbocycles. The minimum absolute atomic E-state index is 0. The van der Waals surface area contributed by atoms with Gasteiger partial charge in [0.05, 0.1) is 18.5 Å². The number of urea groups is 1. The second-order valence-electron chi connectivity index (χ2n) is 4.88. The van der Waals surface area contributed by atoms with E-state index < -0.39 is 6.03 Å². The van der Waals surface area contributed by atoms with Gasteiger partial charge in [-0.25, -0.2) is 4.79 Å².